The molecule has 0 aromatic heterocycles. The second-order valence-electron chi connectivity index (χ2n) is 5.40. The molecule has 0 saturated heterocycles. The number of carbonyl (C=O) groups is 2. The van der Waals surface area contributed by atoms with E-state index in [4.69, 9.17) is 4.18 Å². The lowest BCUT2D eigenvalue weighted by Gasteiger charge is -2.16. The molecule has 0 atom stereocenters. The molecule has 0 spiro atoms. The van der Waals surface area contributed by atoms with E-state index in [-0.39, 0.29) is 21.8 Å². The van der Waals surface area contributed by atoms with Crippen molar-refractivity contribution in [2.24, 2.45) is 0 Å². The van der Waals surface area contributed by atoms with E-state index in [2.05, 4.69) is 4.74 Å². The average Bonchev–Trinajstić information content (AvgIpc) is 2.59. The maximum Gasteiger partial charge on any atom is 0.346 e. The summed E-state index contributed by atoms with van der Waals surface area (Å²) in [6.45, 7) is 0. The van der Waals surface area contributed by atoms with Crippen LogP contribution in [0.1, 0.15) is 20.7 Å². The van der Waals surface area contributed by atoms with E-state index in [0.717, 1.165) is 0 Å². The lowest BCUT2D eigenvalue weighted by atomic mass is 9.97. The highest BCUT2D eigenvalue weighted by atomic mass is 32.2. The van der Waals surface area contributed by atoms with Gasteiger partial charge in [0.1, 0.15) is 10.6 Å². The molecule has 0 unspecified atom stereocenters. The number of ether oxygens (including phenoxy) is 1. The fourth-order valence-electron chi connectivity index (χ4n) is 2.74. The van der Waals surface area contributed by atoms with Crippen LogP contribution in [0, 0.1) is 0 Å². The number of cyclic esters (lactones) is 2. The van der Waals surface area contributed by atoms with Gasteiger partial charge in [-0.3, -0.25) is 0 Å². The summed E-state index contributed by atoms with van der Waals surface area (Å²) >= 11 is 0. The molecule has 0 bridgehead atoms. The molecule has 6 nitrogen and oxygen atoms in total. The zero-order valence-electron chi connectivity index (χ0n) is 12.6. The van der Waals surface area contributed by atoms with Crippen LogP contribution in [0.5, 0.6) is 5.75 Å². The van der Waals surface area contributed by atoms with Gasteiger partial charge < -0.3 is 8.92 Å². The van der Waals surface area contributed by atoms with Crippen molar-refractivity contribution in [1.29, 1.82) is 0 Å². The van der Waals surface area contributed by atoms with Crippen molar-refractivity contribution >= 4 is 32.8 Å². The third-order valence-electron chi connectivity index (χ3n) is 3.81. The quantitative estimate of drug-likeness (QED) is 0.408. The van der Waals surface area contributed by atoms with Gasteiger partial charge in [-0.15, -0.1) is 0 Å². The molecule has 0 aliphatic carbocycles. The number of carbonyl (C=O) groups excluding carboxylic acids is 2. The zero-order chi connectivity index (χ0) is 17.6. The van der Waals surface area contributed by atoms with Crippen LogP contribution in [-0.4, -0.2) is 20.4 Å². The summed E-state index contributed by atoms with van der Waals surface area (Å²) in [5, 5.41) is 0.937. The summed E-state index contributed by atoms with van der Waals surface area (Å²) in [5.74, 6) is -1.60. The molecular formula is C18H10O6S. The summed E-state index contributed by atoms with van der Waals surface area (Å²) in [5.41, 5.74) is 0.343. The summed E-state index contributed by atoms with van der Waals surface area (Å²) in [7, 11) is -4.05. The Morgan fingerprint density at radius 3 is 2.28 bits per heavy atom. The molecule has 124 valence electrons. The Balaban J connectivity index is 1.86. The number of benzene rings is 3. The Bertz CT molecular complexity index is 1130. The van der Waals surface area contributed by atoms with Gasteiger partial charge in [-0.05, 0) is 35.7 Å². The van der Waals surface area contributed by atoms with Crippen LogP contribution in [0.4, 0.5) is 0 Å². The molecule has 1 heterocycles. The third kappa shape index (κ3) is 2.54. The van der Waals surface area contributed by atoms with E-state index in [1.807, 2.05) is 0 Å². The predicted molar refractivity (Wildman–Crippen MR) is 87.9 cm³/mol. The second kappa shape index (κ2) is 5.42. The highest BCUT2D eigenvalue weighted by molar-refractivity contribution is 7.87. The molecule has 7 heteroatoms. The van der Waals surface area contributed by atoms with E-state index in [1.165, 1.54) is 24.3 Å². The van der Waals surface area contributed by atoms with Crippen LogP contribution in [0.25, 0.3) is 10.8 Å². The van der Waals surface area contributed by atoms with Crippen molar-refractivity contribution in [1.82, 2.24) is 0 Å². The Labute approximate surface area is 142 Å². The van der Waals surface area contributed by atoms with E-state index in [9.17, 15) is 18.0 Å². The van der Waals surface area contributed by atoms with Gasteiger partial charge in [0.15, 0.2) is 0 Å². The first kappa shape index (κ1) is 15.3. The van der Waals surface area contributed by atoms with Crippen LogP contribution in [0.15, 0.2) is 65.6 Å². The summed E-state index contributed by atoms with van der Waals surface area (Å²) in [6.07, 6.45) is 0. The predicted octanol–water partition coefficient (Wildman–Crippen LogP) is 2.92. The molecule has 3 aromatic rings. The number of rotatable bonds is 3. The fourth-order valence-corrected chi connectivity index (χ4v) is 3.67. The first-order valence-corrected chi connectivity index (χ1v) is 8.69. The maximum absolute atomic E-state index is 12.4. The van der Waals surface area contributed by atoms with Gasteiger partial charge in [-0.25, -0.2) is 9.59 Å². The van der Waals surface area contributed by atoms with Gasteiger partial charge in [0, 0.05) is 5.39 Å². The third-order valence-corrected chi connectivity index (χ3v) is 5.07. The molecule has 0 amide bonds. The molecule has 1 aliphatic heterocycles. The van der Waals surface area contributed by atoms with Gasteiger partial charge in [-0.1, -0.05) is 30.3 Å². The molecule has 0 saturated carbocycles. The number of hydrogen-bond donors (Lipinski definition) is 0. The van der Waals surface area contributed by atoms with Crippen molar-refractivity contribution in [3.8, 4) is 5.75 Å². The molecule has 0 N–H and O–H groups in total. The molecule has 25 heavy (non-hydrogen) atoms. The lowest BCUT2D eigenvalue weighted by Crippen LogP contribution is -2.20. The van der Waals surface area contributed by atoms with Crippen LogP contribution >= 0.6 is 0 Å². The van der Waals surface area contributed by atoms with E-state index in [1.54, 1.807) is 36.4 Å². The highest BCUT2D eigenvalue weighted by Gasteiger charge is 2.28. The van der Waals surface area contributed by atoms with Gasteiger partial charge in [0.25, 0.3) is 0 Å². The first-order chi connectivity index (χ1) is 12.0. The normalized spacial score (nSPS) is 13.6. The topological polar surface area (TPSA) is 86.7 Å². The molecule has 3 aromatic carbocycles. The van der Waals surface area contributed by atoms with E-state index in [0.29, 0.717) is 10.8 Å². The van der Waals surface area contributed by atoms with Gasteiger partial charge in [0.05, 0.1) is 11.1 Å². The number of esters is 2. The largest absolute Gasteiger partial charge is 0.386 e. The Kier molecular flexibility index (Phi) is 3.33. The highest BCUT2D eigenvalue weighted by Crippen LogP contribution is 2.33. The minimum atomic E-state index is -4.05. The molecule has 1 aliphatic rings. The zero-order valence-corrected chi connectivity index (χ0v) is 13.4. The average molecular weight is 354 g/mol. The van der Waals surface area contributed by atoms with Crippen molar-refractivity contribution in [3.05, 3.63) is 71.8 Å². The van der Waals surface area contributed by atoms with Crippen molar-refractivity contribution in [2.45, 2.75) is 4.90 Å². The van der Waals surface area contributed by atoms with Crippen LogP contribution in [0.3, 0.4) is 0 Å². The summed E-state index contributed by atoms with van der Waals surface area (Å²) in [6, 6.07) is 15.2. The Hall–Kier alpha value is -3.19. The van der Waals surface area contributed by atoms with Crippen LogP contribution < -0.4 is 4.18 Å². The Morgan fingerprint density at radius 2 is 1.52 bits per heavy atom. The smallest absolute Gasteiger partial charge is 0.346 e. The number of hydrogen-bond acceptors (Lipinski definition) is 6. The molecule has 0 radical (unpaired) electrons. The molecule has 4 rings (SSSR count). The standard InChI is InChI=1S/C18H10O6S/c19-17-14-8-4-5-11-9-12(10-15(16(11)14)18(20)23-17)24-25(21,22)13-6-2-1-3-7-13/h1-10H. The van der Waals surface area contributed by atoms with Gasteiger partial charge in [0.2, 0.25) is 0 Å². The minimum Gasteiger partial charge on any atom is -0.386 e. The SMILES string of the molecule is O=C1OC(=O)c2cc(OS(=O)(=O)c3ccccc3)cc3cccc1c23. The lowest BCUT2D eigenvalue weighted by molar-refractivity contribution is 0.0391. The maximum atomic E-state index is 12.4. The fraction of sp³-hybridized carbons (Fsp3) is 0. The van der Waals surface area contributed by atoms with E-state index < -0.39 is 22.1 Å². The summed E-state index contributed by atoms with van der Waals surface area (Å²) < 4.78 is 34.6. The minimum absolute atomic E-state index is 0.00440. The van der Waals surface area contributed by atoms with Crippen molar-refractivity contribution < 1.29 is 26.9 Å². The van der Waals surface area contributed by atoms with Crippen molar-refractivity contribution in [2.75, 3.05) is 0 Å². The van der Waals surface area contributed by atoms with Gasteiger partial charge >= 0.3 is 22.1 Å². The van der Waals surface area contributed by atoms with Crippen LogP contribution in [-0.2, 0) is 14.9 Å². The molecule has 0 fully saturated rings. The van der Waals surface area contributed by atoms with E-state index >= 15 is 0 Å². The van der Waals surface area contributed by atoms with Crippen LogP contribution in [0.2, 0.25) is 0 Å². The Morgan fingerprint density at radius 1 is 0.800 bits per heavy atom. The molecular weight excluding hydrogens is 344 g/mol. The monoisotopic (exact) mass is 354 g/mol. The summed E-state index contributed by atoms with van der Waals surface area (Å²) in [4.78, 5) is 23.8. The second-order valence-corrected chi connectivity index (χ2v) is 6.95. The first-order valence-electron chi connectivity index (χ1n) is 7.28. The van der Waals surface area contributed by atoms with Crippen molar-refractivity contribution in [3.63, 3.8) is 0 Å². The van der Waals surface area contributed by atoms with Gasteiger partial charge in [-0.2, -0.15) is 8.42 Å².